The van der Waals surface area contributed by atoms with Crippen LogP contribution in [0.4, 0.5) is 4.79 Å². The molecule has 0 bridgehead atoms. The van der Waals surface area contributed by atoms with E-state index in [2.05, 4.69) is 26.1 Å². The summed E-state index contributed by atoms with van der Waals surface area (Å²) in [6.45, 7) is 8.31. The SMILES string of the molecule is CCCN(CCC)C(=O)NC1CCC(C)CC1. The van der Waals surface area contributed by atoms with Crippen molar-refractivity contribution < 1.29 is 4.79 Å². The van der Waals surface area contributed by atoms with Gasteiger partial charge in [0, 0.05) is 19.1 Å². The first-order valence-electron chi connectivity index (χ1n) is 7.22. The van der Waals surface area contributed by atoms with Gasteiger partial charge >= 0.3 is 6.03 Å². The maximum atomic E-state index is 12.1. The number of hydrogen-bond acceptors (Lipinski definition) is 1. The zero-order chi connectivity index (χ0) is 12.7. The fourth-order valence-corrected chi connectivity index (χ4v) is 2.53. The first-order chi connectivity index (χ1) is 8.17. The van der Waals surface area contributed by atoms with Crippen LogP contribution in [0.1, 0.15) is 59.3 Å². The largest absolute Gasteiger partial charge is 0.335 e. The molecule has 0 aromatic carbocycles. The Labute approximate surface area is 106 Å². The van der Waals surface area contributed by atoms with Crippen LogP contribution in [0.15, 0.2) is 0 Å². The standard InChI is InChI=1S/C14H28N2O/c1-4-10-16(11-5-2)14(17)15-13-8-6-12(3)7-9-13/h12-13H,4-11H2,1-3H3,(H,15,17). The number of hydrogen-bond donors (Lipinski definition) is 1. The number of urea groups is 1. The number of nitrogens with zero attached hydrogens (tertiary/aromatic N) is 1. The van der Waals surface area contributed by atoms with Crippen LogP contribution in [0.5, 0.6) is 0 Å². The van der Waals surface area contributed by atoms with Crippen LogP contribution in [-0.2, 0) is 0 Å². The molecule has 1 saturated carbocycles. The van der Waals surface area contributed by atoms with E-state index in [9.17, 15) is 4.79 Å². The molecule has 0 atom stereocenters. The second-order valence-corrected chi connectivity index (χ2v) is 5.39. The number of nitrogens with one attached hydrogen (secondary N) is 1. The summed E-state index contributed by atoms with van der Waals surface area (Å²) in [5.74, 6) is 0.838. The van der Waals surface area contributed by atoms with E-state index in [0.29, 0.717) is 6.04 Å². The Hall–Kier alpha value is -0.730. The van der Waals surface area contributed by atoms with E-state index in [0.717, 1.165) is 44.7 Å². The molecule has 0 unspecified atom stereocenters. The summed E-state index contributed by atoms with van der Waals surface area (Å²) in [7, 11) is 0. The van der Waals surface area contributed by atoms with Gasteiger partial charge in [0.1, 0.15) is 0 Å². The van der Waals surface area contributed by atoms with E-state index in [-0.39, 0.29) is 6.03 Å². The highest BCUT2D eigenvalue weighted by Crippen LogP contribution is 2.23. The van der Waals surface area contributed by atoms with Gasteiger partial charge in [-0.05, 0) is 44.4 Å². The highest BCUT2D eigenvalue weighted by Gasteiger charge is 2.21. The summed E-state index contributed by atoms with van der Waals surface area (Å²) in [6, 6.07) is 0.558. The highest BCUT2D eigenvalue weighted by atomic mass is 16.2. The number of amides is 2. The van der Waals surface area contributed by atoms with Gasteiger partial charge in [0.25, 0.3) is 0 Å². The Bertz CT molecular complexity index is 216. The molecule has 1 aliphatic carbocycles. The van der Waals surface area contributed by atoms with Crippen LogP contribution in [0.25, 0.3) is 0 Å². The van der Waals surface area contributed by atoms with Crippen LogP contribution < -0.4 is 5.32 Å². The van der Waals surface area contributed by atoms with Crippen LogP contribution in [0, 0.1) is 5.92 Å². The zero-order valence-electron chi connectivity index (χ0n) is 11.7. The van der Waals surface area contributed by atoms with Crippen molar-refractivity contribution in [3.05, 3.63) is 0 Å². The molecule has 0 spiro atoms. The summed E-state index contributed by atoms with van der Waals surface area (Å²) < 4.78 is 0. The molecule has 0 aliphatic heterocycles. The van der Waals surface area contributed by atoms with Gasteiger partial charge < -0.3 is 10.2 Å². The van der Waals surface area contributed by atoms with Gasteiger partial charge in [-0.1, -0.05) is 20.8 Å². The first-order valence-corrected chi connectivity index (χ1v) is 7.22. The second-order valence-electron chi connectivity index (χ2n) is 5.39. The molecule has 1 rings (SSSR count). The maximum absolute atomic E-state index is 12.1. The van der Waals surface area contributed by atoms with Crippen molar-refractivity contribution in [2.24, 2.45) is 5.92 Å². The lowest BCUT2D eigenvalue weighted by Gasteiger charge is -2.30. The Morgan fingerprint density at radius 3 is 2.12 bits per heavy atom. The van der Waals surface area contributed by atoms with Gasteiger partial charge in [0.15, 0.2) is 0 Å². The molecule has 100 valence electrons. The monoisotopic (exact) mass is 240 g/mol. The number of carbonyl (C=O) groups excluding carboxylic acids is 1. The summed E-state index contributed by atoms with van der Waals surface area (Å²) in [5.41, 5.74) is 0. The van der Waals surface area contributed by atoms with Gasteiger partial charge in [-0.15, -0.1) is 0 Å². The molecule has 3 heteroatoms. The van der Waals surface area contributed by atoms with Crippen molar-refractivity contribution in [3.8, 4) is 0 Å². The second kappa shape index (κ2) is 7.57. The predicted octanol–water partition coefficient (Wildman–Crippen LogP) is 3.40. The van der Waals surface area contributed by atoms with Crippen LogP contribution in [-0.4, -0.2) is 30.1 Å². The fourth-order valence-electron chi connectivity index (χ4n) is 2.53. The zero-order valence-corrected chi connectivity index (χ0v) is 11.7. The third-order valence-corrected chi connectivity index (χ3v) is 3.62. The molecule has 1 N–H and O–H groups in total. The lowest BCUT2D eigenvalue weighted by molar-refractivity contribution is 0.187. The predicted molar refractivity (Wildman–Crippen MR) is 72.1 cm³/mol. The summed E-state index contributed by atoms with van der Waals surface area (Å²) >= 11 is 0. The van der Waals surface area contributed by atoms with Crippen molar-refractivity contribution in [1.82, 2.24) is 10.2 Å². The number of carbonyl (C=O) groups is 1. The van der Waals surface area contributed by atoms with Crippen molar-refractivity contribution in [2.45, 2.75) is 65.3 Å². The van der Waals surface area contributed by atoms with E-state index in [1.807, 2.05) is 4.90 Å². The Kier molecular flexibility index (Phi) is 6.38. The van der Waals surface area contributed by atoms with Gasteiger partial charge in [0.2, 0.25) is 0 Å². The molecule has 0 heterocycles. The third-order valence-electron chi connectivity index (χ3n) is 3.62. The maximum Gasteiger partial charge on any atom is 0.317 e. The normalized spacial score (nSPS) is 24.4. The average Bonchev–Trinajstić information content (AvgIpc) is 2.32. The molecule has 0 aromatic heterocycles. The molecular formula is C14H28N2O. The van der Waals surface area contributed by atoms with E-state index >= 15 is 0 Å². The van der Waals surface area contributed by atoms with E-state index < -0.39 is 0 Å². The van der Waals surface area contributed by atoms with Crippen molar-refractivity contribution in [3.63, 3.8) is 0 Å². The van der Waals surface area contributed by atoms with Crippen molar-refractivity contribution in [1.29, 1.82) is 0 Å². The Morgan fingerprint density at radius 2 is 1.65 bits per heavy atom. The van der Waals surface area contributed by atoms with Gasteiger partial charge in [-0.25, -0.2) is 4.79 Å². The Balaban J connectivity index is 2.35. The minimum absolute atomic E-state index is 0.147. The van der Waals surface area contributed by atoms with E-state index in [4.69, 9.17) is 0 Å². The topological polar surface area (TPSA) is 32.3 Å². The number of rotatable bonds is 5. The quantitative estimate of drug-likeness (QED) is 0.785. The van der Waals surface area contributed by atoms with Crippen molar-refractivity contribution in [2.75, 3.05) is 13.1 Å². The smallest absolute Gasteiger partial charge is 0.317 e. The molecule has 0 radical (unpaired) electrons. The van der Waals surface area contributed by atoms with Gasteiger partial charge in [-0.2, -0.15) is 0 Å². The minimum Gasteiger partial charge on any atom is -0.335 e. The fraction of sp³-hybridized carbons (Fsp3) is 0.929. The van der Waals surface area contributed by atoms with Crippen molar-refractivity contribution >= 4 is 6.03 Å². The van der Waals surface area contributed by atoms with E-state index in [1.54, 1.807) is 0 Å². The lowest BCUT2D eigenvalue weighted by Crippen LogP contribution is -2.46. The summed E-state index contributed by atoms with van der Waals surface area (Å²) in [5, 5.41) is 3.20. The minimum atomic E-state index is 0.147. The highest BCUT2D eigenvalue weighted by molar-refractivity contribution is 5.74. The van der Waals surface area contributed by atoms with Crippen LogP contribution in [0.3, 0.4) is 0 Å². The molecule has 0 saturated heterocycles. The third kappa shape index (κ3) is 4.97. The molecule has 17 heavy (non-hydrogen) atoms. The molecule has 3 nitrogen and oxygen atoms in total. The van der Waals surface area contributed by atoms with Gasteiger partial charge in [-0.3, -0.25) is 0 Å². The molecular weight excluding hydrogens is 212 g/mol. The van der Waals surface area contributed by atoms with Crippen LogP contribution in [0.2, 0.25) is 0 Å². The molecule has 0 aromatic rings. The van der Waals surface area contributed by atoms with Crippen LogP contribution >= 0.6 is 0 Å². The molecule has 1 aliphatic rings. The molecule has 2 amide bonds. The Morgan fingerprint density at radius 1 is 1.12 bits per heavy atom. The molecule has 1 fully saturated rings. The average molecular weight is 240 g/mol. The summed E-state index contributed by atoms with van der Waals surface area (Å²) in [6.07, 6.45) is 6.89. The first kappa shape index (κ1) is 14.3. The lowest BCUT2D eigenvalue weighted by atomic mass is 9.87. The summed E-state index contributed by atoms with van der Waals surface area (Å²) in [4.78, 5) is 14.0. The van der Waals surface area contributed by atoms with E-state index in [1.165, 1.54) is 12.8 Å². The van der Waals surface area contributed by atoms with Gasteiger partial charge in [0.05, 0.1) is 0 Å².